The summed E-state index contributed by atoms with van der Waals surface area (Å²) >= 11 is 0. The topological polar surface area (TPSA) is 67.6 Å². The molecule has 0 saturated carbocycles. The fourth-order valence-electron chi connectivity index (χ4n) is 4.00. The molecule has 0 aliphatic carbocycles. The Kier molecular flexibility index (Phi) is 4.46. The highest BCUT2D eigenvalue weighted by atomic mass is 32.2. The average molecular weight is 385 g/mol. The molecule has 0 spiro atoms. The van der Waals surface area contributed by atoms with E-state index in [0.29, 0.717) is 24.3 Å². The van der Waals surface area contributed by atoms with Crippen LogP contribution in [0, 0.1) is 6.92 Å². The molecular formula is C21H23NO4S. The quantitative estimate of drug-likeness (QED) is 0.682. The maximum absolute atomic E-state index is 13.3. The van der Waals surface area contributed by atoms with Gasteiger partial charge in [-0.1, -0.05) is 43.3 Å². The third-order valence-electron chi connectivity index (χ3n) is 5.40. The number of hydrogen-bond donors (Lipinski definition) is 0. The van der Waals surface area contributed by atoms with Crippen LogP contribution in [0.25, 0.3) is 21.7 Å². The Hall–Kier alpha value is -2.34. The number of furan rings is 1. The fraction of sp³-hybridized carbons (Fsp3) is 0.381. The number of amides is 1. The van der Waals surface area contributed by atoms with Crippen LogP contribution in [-0.4, -0.2) is 43.3 Å². The molecule has 6 heteroatoms. The molecule has 4 rings (SSSR count). The monoisotopic (exact) mass is 385 g/mol. The van der Waals surface area contributed by atoms with Crippen LogP contribution in [0.1, 0.15) is 35.9 Å². The standard InChI is InChI=1S/C21H23NO4S/c1-3-11-22(16-10-12-27(24,25)13-16)21(23)19-14(2)17-9-8-15-6-4-5-7-18(15)20(17)26-19/h4-9,16H,3,10-13H2,1-2H3. The van der Waals surface area contributed by atoms with Crippen molar-refractivity contribution in [1.82, 2.24) is 4.90 Å². The number of nitrogens with zero attached hydrogens (tertiary/aromatic N) is 1. The van der Waals surface area contributed by atoms with Crippen molar-refractivity contribution < 1.29 is 17.6 Å². The number of carbonyl (C=O) groups excluding carboxylic acids is 1. The lowest BCUT2D eigenvalue weighted by atomic mass is 10.1. The number of sulfone groups is 1. The van der Waals surface area contributed by atoms with Crippen LogP contribution in [0.4, 0.5) is 0 Å². The fourth-order valence-corrected chi connectivity index (χ4v) is 5.73. The molecule has 142 valence electrons. The van der Waals surface area contributed by atoms with Gasteiger partial charge >= 0.3 is 0 Å². The Balaban J connectivity index is 1.79. The summed E-state index contributed by atoms with van der Waals surface area (Å²) < 4.78 is 29.9. The number of fused-ring (bicyclic) bond motifs is 3. The second kappa shape index (κ2) is 6.68. The third kappa shape index (κ3) is 3.12. The summed E-state index contributed by atoms with van der Waals surface area (Å²) in [4.78, 5) is 15.0. The van der Waals surface area contributed by atoms with Gasteiger partial charge in [-0.3, -0.25) is 4.79 Å². The molecular weight excluding hydrogens is 362 g/mol. The van der Waals surface area contributed by atoms with Crippen molar-refractivity contribution in [2.75, 3.05) is 18.1 Å². The molecule has 5 nitrogen and oxygen atoms in total. The molecule has 1 saturated heterocycles. The van der Waals surface area contributed by atoms with Crippen LogP contribution >= 0.6 is 0 Å². The van der Waals surface area contributed by atoms with E-state index in [1.807, 2.05) is 50.2 Å². The second-order valence-electron chi connectivity index (χ2n) is 7.27. The molecule has 0 bridgehead atoms. The summed E-state index contributed by atoms with van der Waals surface area (Å²) in [5.74, 6) is 0.298. The van der Waals surface area contributed by atoms with E-state index in [4.69, 9.17) is 4.42 Å². The van der Waals surface area contributed by atoms with Gasteiger partial charge in [0.2, 0.25) is 0 Å². The largest absolute Gasteiger partial charge is 0.450 e. The second-order valence-corrected chi connectivity index (χ2v) is 9.50. The van der Waals surface area contributed by atoms with Gasteiger partial charge in [0.1, 0.15) is 5.58 Å². The number of carbonyl (C=O) groups is 1. The highest BCUT2D eigenvalue weighted by molar-refractivity contribution is 7.91. The highest BCUT2D eigenvalue weighted by Crippen LogP contribution is 2.33. The van der Waals surface area contributed by atoms with Crippen molar-refractivity contribution in [3.8, 4) is 0 Å². The van der Waals surface area contributed by atoms with E-state index in [1.165, 1.54) is 0 Å². The zero-order chi connectivity index (χ0) is 19.2. The van der Waals surface area contributed by atoms with Gasteiger partial charge < -0.3 is 9.32 Å². The Morgan fingerprint density at radius 3 is 2.67 bits per heavy atom. The van der Waals surface area contributed by atoms with Crippen molar-refractivity contribution in [3.05, 3.63) is 47.7 Å². The minimum absolute atomic E-state index is 0.0426. The molecule has 2 heterocycles. The molecule has 1 aliphatic rings. The maximum atomic E-state index is 13.3. The molecule has 27 heavy (non-hydrogen) atoms. The lowest BCUT2D eigenvalue weighted by Gasteiger charge is -2.27. The maximum Gasteiger partial charge on any atom is 0.290 e. The van der Waals surface area contributed by atoms with Gasteiger partial charge in [-0.25, -0.2) is 8.42 Å². The predicted molar refractivity (Wildman–Crippen MR) is 107 cm³/mol. The van der Waals surface area contributed by atoms with E-state index in [1.54, 1.807) is 4.90 Å². The minimum Gasteiger partial charge on any atom is -0.450 e. The van der Waals surface area contributed by atoms with Crippen LogP contribution in [0.3, 0.4) is 0 Å². The molecule has 1 aromatic heterocycles. The van der Waals surface area contributed by atoms with Gasteiger partial charge in [-0.2, -0.15) is 0 Å². The van der Waals surface area contributed by atoms with Crippen molar-refractivity contribution in [2.24, 2.45) is 0 Å². The summed E-state index contributed by atoms with van der Waals surface area (Å²) in [5, 5.41) is 2.96. The highest BCUT2D eigenvalue weighted by Gasteiger charge is 2.36. The van der Waals surface area contributed by atoms with Crippen LogP contribution in [0.15, 0.2) is 40.8 Å². The van der Waals surface area contributed by atoms with Gasteiger partial charge in [-0.15, -0.1) is 0 Å². The number of aryl methyl sites for hydroxylation is 1. The van der Waals surface area contributed by atoms with Gasteiger partial charge in [0, 0.05) is 28.9 Å². The van der Waals surface area contributed by atoms with Crippen LogP contribution < -0.4 is 0 Å². The molecule has 0 radical (unpaired) electrons. The lowest BCUT2D eigenvalue weighted by Crippen LogP contribution is -2.41. The number of rotatable bonds is 4. The van der Waals surface area contributed by atoms with Crippen molar-refractivity contribution >= 4 is 37.5 Å². The summed E-state index contributed by atoms with van der Waals surface area (Å²) in [6.07, 6.45) is 1.26. The summed E-state index contributed by atoms with van der Waals surface area (Å²) in [5.41, 5.74) is 1.52. The third-order valence-corrected chi connectivity index (χ3v) is 7.15. The lowest BCUT2D eigenvalue weighted by molar-refractivity contribution is 0.0666. The zero-order valence-electron chi connectivity index (χ0n) is 15.6. The summed E-state index contributed by atoms with van der Waals surface area (Å²) in [6, 6.07) is 11.7. The van der Waals surface area contributed by atoms with E-state index in [-0.39, 0.29) is 23.5 Å². The van der Waals surface area contributed by atoms with Crippen LogP contribution in [-0.2, 0) is 9.84 Å². The predicted octanol–water partition coefficient (Wildman–Crippen LogP) is 3.93. The molecule has 1 aliphatic heterocycles. The van der Waals surface area contributed by atoms with Gasteiger partial charge in [0.05, 0.1) is 11.5 Å². The Morgan fingerprint density at radius 1 is 1.19 bits per heavy atom. The first kappa shape index (κ1) is 18.0. The Labute approximate surface area is 158 Å². The first-order chi connectivity index (χ1) is 12.9. The minimum atomic E-state index is -3.06. The summed E-state index contributed by atoms with van der Waals surface area (Å²) in [7, 11) is -3.06. The molecule has 1 unspecified atom stereocenters. The van der Waals surface area contributed by atoms with Gasteiger partial charge in [-0.05, 0) is 25.2 Å². The average Bonchev–Trinajstić information content (AvgIpc) is 3.19. The van der Waals surface area contributed by atoms with Crippen molar-refractivity contribution in [3.63, 3.8) is 0 Å². The number of benzene rings is 2. The normalized spacial score (nSPS) is 19.0. The Morgan fingerprint density at radius 2 is 1.96 bits per heavy atom. The van der Waals surface area contributed by atoms with E-state index >= 15 is 0 Å². The van der Waals surface area contributed by atoms with E-state index in [2.05, 4.69) is 0 Å². The van der Waals surface area contributed by atoms with Crippen LogP contribution in [0.5, 0.6) is 0 Å². The molecule has 0 N–H and O–H groups in total. The molecule has 2 aromatic carbocycles. The molecule has 1 fully saturated rings. The van der Waals surface area contributed by atoms with Crippen molar-refractivity contribution in [1.29, 1.82) is 0 Å². The number of hydrogen-bond acceptors (Lipinski definition) is 4. The smallest absolute Gasteiger partial charge is 0.290 e. The van der Waals surface area contributed by atoms with E-state index in [0.717, 1.165) is 28.1 Å². The zero-order valence-corrected chi connectivity index (χ0v) is 16.4. The molecule has 1 amide bonds. The first-order valence-corrected chi connectivity index (χ1v) is 11.2. The SMILES string of the molecule is CCCN(C(=O)c1oc2c(ccc3ccccc32)c1C)C1CCS(=O)(=O)C1. The molecule has 3 aromatic rings. The van der Waals surface area contributed by atoms with E-state index < -0.39 is 9.84 Å². The Bertz CT molecular complexity index is 1130. The molecule has 1 atom stereocenters. The van der Waals surface area contributed by atoms with Crippen LogP contribution in [0.2, 0.25) is 0 Å². The van der Waals surface area contributed by atoms with E-state index in [9.17, 15) is 13.2 Å². The van der Waals surface area contributed by atoms with Gasteiger partial charge in [0.15, 0.2) is 15.6 Å². The first-order valence-electron chi connectivity index (χ1n) is 9.33. The summed E-state index contributed by atoms with van der Waals surface area (Å²) in [6.45, 7) is 4.41. The van der Waals surface area contributed by atoms with Crippen molar-refractivity contribution in [2.45, 2.75) is 32.7 Å². The van der Waals surface area contributed by atoms with Gasteiger partial charge in [0.25, 0.3) is 5.91 Å².